The topological polar surface area (TPSA) is 46.6 Å². The summed E-state index contributed by atoms with van der Waals surface area (Å²) in [7, 11) is -3.58. The highest BCUT2D eigenvalue weighted by atomic mass is 35.5. The molecule has 0 aliphatic carbocycles. The van der Waals surface area contributed by atoms with Crippen molar-refractivity contribution in [1.29, 1.82) is 0 Å². The molecule has 0 spiro atoms. The Balaban J connectivity index is 1.59. The molecule has 1 fully saturated rings. The van der Waals surface area contributed by atoms with Crippen LogP contribution >= 0.6 is 34.8 Å². The molecule has 3 rings (SSSR count). The number of halogens is 3. The van der Waals surface area contributed by atoms with Crippen LogP contribution in [0.25, 0.3) is 0 Å². The SMILES string of the molecule is O=S(=O)(c1ccc(Cl)c(Cl)c1)N1CC(OCc2ccccc2Cl)C1. The van der Waals surface area contributed by atoms with Gasteiger partial charge in [-0.25, -0.2) is 8.42 Å². The van der Waals surface area contributed by atoms with E-state index in [0.29, 0.717) is 29.7 Å². The van der Waals surface area contributed by atoms with Crippen LogP contribution in [-0.2, 0) is 21.4 Å². The van der Waals surface area contributed by atoms with Gasteiger partial charge in [0.1, 0.15) is 0 Å². The summed E-state index contributed by atoms with van der Waals surface area (Å²) in [5.41, 5.74) is 0.880. The van der Waals surface area contributed by atoms with E-state index in [4.69, 9.17) is 39.5 Å². The van der Waals surface area contributed by atoms with Crippen molar-refractivity contribution >= 4 is 44.8 Å². The average molecular weight is 407 g/mol. The fourth-order valence-corrected chi connectivity index (χ4v) is 4.39. The van der Waals surface area contributed by atoms with E-state index in [0.717, 1.165) is 5.56 Å². The maximum Gasteiger partial charge on any atom is 0.243 e. The van der Waals surface area contributed by atoms with Crippen molar-refractivity contribution in [3.8, 4) is 0 Å². The molecule has 0 bridgehead atoms. The predicted octanol–water partition coefficient (Wildman–Crippen LogP) is 4.24. The van der Waals surface area contributed by atoms with Crippen molar-refractivity contribution in [2.45, 2.75) is 17.6 Å². The Morgan fingerprint density at radius 2 is 1.71 bits per heavy atom. The number of benzene rings is 2. The smallest absolute Gasteiger partial charge is 0.243 e. The molecule has 128 valence electrons. The fraction of sp³-hybridized carbons (Fsp3) is 0.250. The summed E-state index contributed by atoms with van der Waals surface area (Å²) in [5.74, 6) is 0. The molecule has 24 heavy (non-hydrogen) atoms. The first-order valence-electron chi connectivity index (χ1n) is 7.18. The molecule has 2 aromatic carbocycles. The highest BCUT2D eigenvalue weighted by Crippen LogP contribution is 2.29. The van der Waals surface area contributed by atoms with Crippen LogP contribution in [-0.4, -0.2) is 31.9 Å². The second-order valence-electron chi connectivity index (χ2n) is 5.42. The van der Waals surface area contributed by atoms with Gasteiger partial charge in [0.15, 0.2) is 0 Å². The Bertz CT molecular complexity index is 851. The minimum atomic E-state index is -3.58. The van der Waals surface area contributed by atoms with Crippen LogP contribution in [0.15, 0.2) is 47.4 Å². The minimum absolute atomic E-state index is 0.126. The second-order valence-corrected chi connectivity index (χ2v) is 8.58. The number of sulfonamides is 1. The number of nitrogens with zero attached hydrogens (tertiary/aromatic N) is 1. The van der Waals surface area contributed by atoms with Gasteiger partial charge < -0.3 is 4.74 Å². The predicted molar refractivity (Wildman–Crippen MR) is 95.2 cm³/mol. The molecule has 0 N–H and O–H groups in total. The first-order chi connectivity index (χ1) is 11.4. The highest BCUT2D eigenvalue weighted by molar-refractivity contribution is 7.89. The molecule has 2 aromatic rings. The minimum Gasteiger partial charge on any atom is -0.371 e. The molecular formula is C16H14Cl3NO3S. The summed E-state index contributed by atoms with van der Waals surface area (Å²) >= 11 is 17.8. The monoisotopic (exact) mass is 405 g/mol. The quantitative estimate of drug-likeness (QED) is 0.746. The van der Waals surface area contributed by atoms with Crippen molar-refractivity contribution in [3.63, 3.8) is 0 Å². The third-order valence-electron chi connectivity index (χ3n) is 3.78. The lowest BCUT2D eigenvalue weighted by atomic mass is 10.2. The van der Waals surface area contributed by atoms with Gasteiger partial charge in [-0.15, -0.1) is 0 Å². The molecule has 0 atom stereocenters. The zero-order valence-electron chi connectivity index (χ0n) is 12.5. The van der Waals surface area contributed by atoms with Gasteiger partial charge in [-0.1, -0.05) is 53.0 Å². The van der Waals surface area contributed by atoms with Gasteiger partial charge in [-0.3, -0.25) is 0 Å². The van der Waals surface area contributed by atoms with Gasteiger partial charge in [0.05, 0.1) is 27.7 Å². The highest BCUT2D eigenvalue weighted by Gasteiger charge is 2.37. The Labute approximate surface area is 155 Å². The van der Waals surface area contributed by atoms with E-state index < -0.39 is 10.0 Å². The lowest BCUT2D eigenvalue weighted by Crippen LogP contribution is -2.54. The molecule has 0 saturated carbocycles. The van der Waals surface area contributed by atoms with E-state index in [1.807, 2.05) is 18.2 Å². The summed E-state index contributed by atoms with van der Waals surface area (Å²) in [6.07, 6.45) is -0.154. The van der Waals surface area contributed by atoms with Gasteiger partial charge in [-0.2, -0.15) is 4.31 Å². The van der Waals surface area contributed by atoms with Gasteiger partial charge in [0.25, 0.3) is 0 Å². The summed E-state index contributed by atoms with van der Waals surface area (Å²) in [5, 5.41) is 1.17. The Morgan fingerprint density at radius 3 is 2.38 bits per heavy atom. The molecule has 0 radical (unpaired) electrons. The fourth-order valence-electron chi connectivity index (χ4n) is 2.31. The summed E-state index contributed by atoms with van der Waals surface area (Å²) in [6, 6.07) is 11.7. The van der Waals surface area contributed by atoms with Crippen molar-refractivity contribution in [2.75, 3.05) is 13.1 Å². The van der Waals surface area contributed by atoms with Gasteiger partial charge in [0, 0.05) is 18.1 Å². The molecule has 8 heteroatoms. The zero-order valence-corrected chi connectivity index (χ0v) is 15.5. The molecule has 0 unspecified atom stereocenters. The number of hydrogen-bond acceptors (Lipinski definition) is 3. The van der Waals surface area contributed by atoms with E-state index in [2.05, 4.69) is 0 Å². The van der Waals surface area contributed by atoms with E-state index in [1.54, 1.807) is 6.07 Å². The lowest BCUT2D eigenvalue weighted by molar-refractivity contribution is -0.0295. The van der Waals surface area contributed by atoms with E-state index in [-0.39, 0.29) is 16.0 Å². The molecular weight excluding hydrogens is 393 g/mol. The lowest BCUT2D eigenvalue weighted by Gasteiger charge is -2.37. The van der Waals surface area contributed by atoms with Crippen LogP contribution < -0.4 is 0 Å². The van der Waals surface area contributed by atoms with E-state index in [9.17, 15) is 8.42 Å². The zero-order chi connectivity index (χ0) is 17.3. The van der Waals surface area contributed by atoms with Crippen LogP contribution in [0, 0.1) is 0 Å². The molecule has 1 heterocycles. The number of ether oxygens (including phenoxy) is 1. The maximum absolute atomic E-state index is 12.5. The summed E-state index contributed by atoms with van der Waals surface area (Å²) in [4.78, 5) is 0.126. The molecule has 0 aromatic heterocycles. The Hall–Kier alpha value is -0.820. The molecule has 4 nitrogen and oxygen atoms in total. The van der Waals surface area contributed by atoms with Crippen molar-refractivity contribution in [2.24, 2.45) is 0 Å². The number of rotatable bonds is 5. The van der Waals surface area contributed by atoms with Crippen molar-refractivity contribution in [3.05, 3.63) is 63.1 Å². The second kappa shape index (κ2) is 7.20. The average Bonchev–Trinajstić information content (AvgIpc) is 2.50. The first kappa shape index (κ1) is 18.0. The van der Waals surface area contributed by atoms with Crippen LogP contribution in [0.2, 0.25) is 15.1 Å². The van der Waals surface area contributed by atoms with Crippen molar-refractivity contribution < 1.29 is 13.2 Å². The molecule has 1 aliphatic rings. The molecule has 1 saturated heterocycles. The molecule has 1 aliphatic heterocycles. The van der Waals surface area contributed by atoms with Gasteiger partial charge in [0.2, 0.25) is 10.0 Å². The van der Waals surface area contributed by atoms with Crippen LogP contribution in [0.4, 0.5) is 0 Å². The Morgan fingerprint density at radius 1 is 1.00 bits per heavy atom. The first-order valence-corrected chi connectivity index (χ1v) is 9.75. The Kier molecular flexibility index (Phi) is 5.39. The molecule has 0 amide bonds. The third kappa shape index (κ3) is 3.72. The number of hydrogen-bond donors (Lipinski definition) is 0. The van der Waals surface area contributed by atoms with E-state index >= 15 is 0 Å². The van der Waals surface area contributed by atoms with Gasteiger partial charge >= 0.3 is 0 Å². The normalized spacial score (nSPS) is 16.1. The van der Waals surface area contributed by atoms with Crippen molar-refractivity contribution in [1.82, 2.24) is 4.31 Å². The van der Waals surface area contributed by atoms with Gasteiger partial charge in [-0.05, 0) is 29.8 Å². The van der Waals surface area contributed by atoms with Crippen LogP contribution in [0.5, 0.6) is 0 Å². The van der Waals surface area contributed by atoms with Crippen LogP contribution in [0.1, 0.15) is 5.56 Å². The largest absolute Gasteiger partial charge is 0.371 e. The standard InChI is InChI=1S/C16H14Cl3NO3S/c17-14-4-2-1-3-11(14)10-23-12-8-20(9-12)24(21,22)13-5-6-15(18)16(19)7-13/h1-7,12H,8-10H2. The summed E-state index contributed by atoms with van der Waals surface area (Å²) < 4.78 is 32.1. The maximum atomic E-state index is 12.5. The van der Waals surface area contributed by atoms with Crippen LogP contribution in [0.3, 0.4) is 0 Å². The third-order valence-corrected chi connectivity index (χ3v) is 6.71. The van der Waals surface area contributed by atoms with E-state index in [1.165, 1.54) is 22.5 Å². The summed E-state index contributed by atoms with van der Waals surface area (Å²) in [6.45, 7) is 0.949.